The molecule has 1 N–H and O–H groups in total. The molecule has 0 radical (unpaired) electrons. The first-order chi connectivity index (χ1) is 10.7. The number of benzene rings is 1. The molecule has 0 aliphatic carbocycles. The SMILES string of the molecule is CCc1cn(C)c2ccc(C(=O)NCc3cccnc3)cc12. The third-order valence-corrected chi connectivity index (χ3v) is 3.89. The number of carbonyl (C=O) groups is 1. The largest absolute Gasteiger partial charge is 0.350 e. The average Bonchev–Trinajstić information content (AvgIpc) is 2.89. The average molecular weight is 293 g/mol. The lowest BCUT2D eigenvalue weighted by Crippen LogP contribution is -2.22. The Morgan fingerprint density at radius 1 is 1.32 bits per heavy atom. The molecular formula is C18H19N3O. The van der Waals surface area contributed by atoms with E-state index in [4.69, 9.17) is 0 Å². The van der Waals surface area contributed by atoms with Crippen molar-refractivity contribution in [2.24, 2.45) is 7.05 Å². The molecule has 1 aromatic carbocycles. The topological polar surface area (TPSA) is 46.9 Å². The Bertz CT molecular complexity index is 806. The molecule has 0 bridgehead atoms. The van der Waals surface area contributed by atoms with E-state index in [1.165, 1.54) is 5.56 Å². The number of hydrogen-bond acceptors (Lipinski definition) is 2. The number of carbonyl (C=O) groups excluding carboxylic acids is 1. The highest BCUT2D eigenvalue weighted by Gasteiger charge is 2.10. The van der Waals surface area contributed by atoms with Crippen LogP contribution in [0.2, 0.25) is 0 Å². The zero-order chi connectivity index (χ0) is 15.5. The minimum atomic E-state index is -0.0586. The van der Waals surface area contributed by atoms with Crippen molar-refractivity contribution < 1.29 is 4.79 Å². The van der Waals surface area contributed by atoms with Crippen molar-refractivity contribution in [3.05, 3.63) is 65.6 Å². The Morgan fingerprint density at radius 2 is 2.18 bits per heavy atom. The fourth-order valence-electron chi connectivity index (χ4n) is 2.68. The molecular weight excluding hydrogens is 274 g/mol. The number of pyridine rings is 1. The molecule has 2 heterocycles. The Morgan fingerprint density at radius 3 is 2.91 bits per heavy atom. The predicted octanol–water partition coefficient (Wildman–Crippen LogP) is 3.07. The van der Waals surface area contributed by atoms with Crippen molar-refractivity contribution in [1.82, 2.24) is 14.9 Å². The van der Waals surface area contributed by atoms with Crippen LogP contribution >= 0.6 is 0 Å². The third-order valence-electron chi connectivity index (χ3n) is 3.89. The van der Waals surface area contributed by atoms with Gasteiger partial charge in [0.2, 0.25) is 0 Å². The molecule has 0 aliphatic rings. The molecule has 112 valence electrons. The number of aromatic nitrogens is 2. The van der Waals surface area contributed by atoms with E-state index in [1.54, 1.807) is 12.4 Å². The highest BCUT2D eigenvalue weighted by Crippen LogP contribution is 2.22. The lowest BCUT2D eigenvalue weighted by molar-refractivity contribution is 0.0951. The Hall–Kier alpha value is -2.62. The van der Waals surface area contributed by atoms with Gasteiger partial charge in [0.15, 0.2) is 0 Å². The molecule has 3 aromatic rings. The summed E-state index contributed by atoms with van der Waals surface area (Å²) in [7, 11) is 2.03. The molecule has 0 unspecified atom stereocenters. The smallest absolute Gasteiger partial charge is 0.251 e. The molecule has 1 amide bonds. The van der Waals surface area contributed by atoms with Gasteiger partial charge in [-0.05, 0) is 41.8 Å². The molecule has 22 heavy (non-hydrogen) atoms. The number of amides is 1. The zero-order valence-corrected chi connectivity index (χ0v) is 12.8. The summed E-state index contributed by atoms with van der Waals surface area (Å²) in [5, 5.41) is 4.09. The Kier molecular flexibility index (Phi) is 3.92. The van der Waals surface area contributed by atoms with E-state index >= 15 is 0 Å². The second-order valence-corrected chi connectivity index (χ2v) is 5.39. The molecule has 0 saturated heterocycles. The van der Waals surface area contributed by atoms with Crippen LogP contribution in [0.1, 0.15) is 28.4 Å². The summed E-state index contributed by atoms with van der Waals surface area (Å²) in [4.78, 5) is 16.4. The van der Waals surface area contributed by atoms with Crippen LogP contribution in [0.15, 0.2) is 48.9 Å². The van der Waals surface area contributed by atoms with Crippen molar-refractivity contribution in [2.45, 2.75) is 19.9 Å². The van der Waals surface area contributed by atoms with E-state index in [0.29, 0.717) is 12.1 Å². The van der Waals surface area contributed by atoms with Gasteiger partial charge in [0, 0.05) is 48.6 Å². The molecule has 2 aromatic heterocycles. The predicted molar refractivity (Wildman–Crippen MR) is 87.7 cm³/mol. The summed E-state index contributed by atoms with van der Waals surface area (Å²) >= 11 is 0. The summed E-state index contributed by atoms with van der Waals surface area (Å²) in [6, 6.07) is 9.68. The van der Waals surface area contributed by atoms with E-state index in [0.717, 1.165) is 22.9 Å². The van der Waals surface area contributed by atoms with Gasteiger partial charge in [-0.2, -0.15) is 0 Å². The number of aryl methyl sites for hydroxylation is 2. The van der Waals surface area contributed by atoms with Gasteiger partial charge < -0.3 is 9.88 Å². The monoisotopic (exact) mass is 293 g/mol. The van der Waals surface area contributed by atoms with Gasteiger partial charge in [-0.25, -0.2) is 0 Å². The standard InChI is InChI=1S/C18H19N3O/c1-3-14-12-21(2)17-7-6-15(9-16(14)17)18(22)20-11-13-5-4-8-19-10-13/h4-10,12H,3,11H2,1-2H3,(H,20,22). The number of nitrogens with one attached hydrogen (secondary N) is 1. The number of rotatable bonds is 4. The molecule has 3 rings (SSSR count). The van der Waals surface area contributed by atoms with E-state index < -0.39 is 0 Å². The van der Waals surface area contributed by atoms with E-state index in [1.807, 2.05) is 37.4 Å². The molecule has 4 heteroatoms. The van der Waals surface area contributed by atoms with Gasteiger partial charge >= 0.3 is 0 Å². The molecule has 4 nitrogen and oxygen atoms in total. The first kappa shape index (κ1) is 14.3. The minimum absolute atomic E-state index is 0.0586. The lowest BCUT2D eigenvalue weighted by atomic mass is 10.1. The summed E-state index contributed by atoms with van der Waals surface area (Å²) in [5.41, 5.74) is 4.10. The van der Waals surface area contributed by atoms with Gasteiger partial charge in [-0.15, -0.1) is 0 Å². The molecule has 0 atom stereocenters. The van der Waals surface area contributed by atoms with Crippen LogP contribution < -0.4 is 5.32 Å². The van der Waals surface area contributed by atoms with Crippen LogP contribution in [0.5, 0.6) is 0 Å². The third kappa shape index (κ3) is 2.72. The maximum Gasteiger partial charge on any atom is 0.251 e. The minimum Gasteiger partial charge on any atom is -0.350 e. The number of hydrogen-bond donors (Lipinski definition) is 1. The van der Waals surface area contributed by atoms with Crippen LogP contribution in [-0.2, 0) is 20.0 Å². The Balaban J connectivity index is 1.82. The maximum absolute atomic E-state index is 12.3. The van der Waals surface area contributed by atoms with Crippen molar-refractivity contribution >= 4 is 16.8 Å². The van der Waals surface area contributed by atoms with Crippen LogP contribution in [0.25, 0.3) is 10.9 Å². The normalized spacial score (nSPS) is 10.8. The van der Waals surface area contributed by atoms with Crippen molar-refractivity contribution in [3.8, 4) is 0 Å². The van der Waals surface area contributed by atoms with Crippen LogP contribution in [0, 0.1) is 0 Å². The number of nitrogens with zero attached hydrogens (tertiary/aromatic N) is 2. The first-order valence-corrected chi connectivity index (χ1v) is 7.44. The van der Waals surface area contributed by atoms with E-state index in [-0.39, 0.29) is 5.91 Å². The quantitative estimate of drug-likeness (QED) is 0.803. The van der Waals surface area contributed by atoms with E-state index in [9.17, 15) is 4.79 Å². The summed E-state index contributed by atoms with van der Waals surface area (Å²) in [6.07, 6.45) is 6.57. The van der Waals surface area contributed by atoms with Crippen molar-refractivity contribution in [2.75, 3.05) is 0 Å². The highest BCUT2D eigenvalue weighted by atomic mass is 16.1. The first-order valence-electron chi connectivity index (χ1n) is 7.44. The number of fused-ring (bicyclic) bond motifs is 1. The second kappa shape index (κ2) is 6.02. The molecule has 0 aliphatic heterocycles. The van der Waals surface area contributed by atoms with Crippen molar-refractivity contribution in [3.63, 3.8) is 0 Å². The summed E-state index contributed by atoms with van der Waals surface area (Å²) in [6.45, 7) is 2.62. The van der Waals surface area contributed by atoms with E-state index in [2.05, 4.69) is 28.0 Å². The van der Waals surface area contributed by atoms with Crippen LogP contribution in [0.3, 0.4) is 0 Å². The van der Waals surface area contributed by atoms with Crippen LogP contribution in [0.4, 0.5) is 0 Å². The second-order valence-electron chi connectivity index (χ2n) is 5.39. The molecule has 0 saturated carbocycles. The highest BCUT2D eigenvalue weighted by molar-refractivity contribution is 5.98. The van der Waals surface area contributed by atoms with Gasteiger partial charge in [0.05, 0.1) is 0 Å². The van der Waals surface area contributed by atoms with Crippen molar-refractivity contribution in [1.29, 1.82) is 0 Å². The molecule has 0 fully saturated rings. The Labute approximate surface area is 129 Å². The van der Waals surface area contributed by atoms with Gasteiger partial charge in [-0.1, -0.05) is 13.0 Å². The summed E-state index contributed by atoms with van der Waals surface area (Å²) < 4.78 is 2.10. The zero-order valence-electron chi connectivity index (χ0n) is 12.8. The van der Waals surface area contributed by atoms with Gasteiger partial charge in [-0.3, -0.25) is 9.78 Å². The summed E-state index contributed by atoms with van der Waals surface area (Å²) in [5.74, 6) is -0.0586. The lowest BCUT2D eigenvalue weighted by Gasteiger charge is -2.06. The van der Waals surface area contributed by atoms with Gasteiger partial charge in [0.25, 0.3) is 5.91 Å². The van der Waals surface area contributed by atoms with Crippen LogP contribution in [-0.4, -0.2) is 15.5 Å². The fourth-order valence-corrected chi connectivity index (χ4v) is 2.68. The molecule has 0 spiro atoms. The fraction of sp³-hybridized carbons (Fsp3) is 0.222. The maximum atomic E-state index is 12.3. The van der Waals surface area contributed by atoms with Gasteiger partial charge in [0.1, 0.15) is 0 Å².